The van der Waals surface area contributed by atoms with Gasteiger partial charge >= 0.3 is 0 Å². The summed E-state index contributed by atoms with van der Waals surface area (Å²) in [5.74, 6) is -0.275. The smallest absolute Gasteiger partial charge is 0.267 e. The number of aromatic nitrogens is 3. The molecule has 24 heavy (non-hydrogen) atoms. The lowest BCUT2D eigenvalue weighted by molar-refractivity contribution is -0.117. The van der Waals surface area contributed by atoms with Gasteiger partial charge in [-0.3, -0.25) is 9.59 Å². The highest BCUT2D eigenvalue weighted by molar-refractivity contribution is 5.93. The van der Waals surface area contributed by atoms with Gasteiger partial charge in [-0.05, 0) is 43.7 Å². The first-order valence-corrected chi connectivity index (χ1v) is 8.00. The van der Waals surface area contributed by atoms with Crippen LogP contribution in [0.2, 0.25) is 0 Å². The van der Waals surface area contributed by atoms with E-state index in [-0.39, 0.29) is 18.0 Å². The lowest BCUT2D eigenvalue weighted by atomic mass is 10.2. The van der Waals surface area contributed by atoms with Crippen LogP contribution < -0.4 is 10.9 Å². The lowest BCUT2D eigenvalue weighted by Gasteiger charge is -2.08. The first-order valence-electron chi connectivity index (χ1n) is 8.00. The van der Waals surface area contributed by atoms with Crippen LogP contribution >= 0.6 is 0 Å². The summed E-state index contributed by atoms with van der Waals surface area (Å²) in [5.41, 5.74) is 2.26. The number of hydrogen-bond acceptors (Lipinski definition) is 3. The van der Waals surface area contributed by atoms with Gasteiger partial charge in [-0.2, -0.15) is 5.10 Å². The number of nitrogens with one attached hydrogen (secondary N) is 1. The van der Waals surface area contributed by atoms with E-state index in [1.807, 2.05) is 24.3 Å². The Morgan fingerprint density at radius 1 is 1.21 bits per heavy atom. The van der Waals surface area contributed by atoms with Gasteiger partial charge in [-0.15, -0.1) is 0 Å². The molecule has 124 valence electrons. The van der Waals surface area contributed by atoms with Crippen molar-refractivity contribution >= 4 is 22.5 Å². The average Bonchev–Trinajstić information content (AvgIpc) is 2.94. The molecule has 1 amide bonds. The number of carbonyl (C=O) groups is 1. The van der Waals surface area contributed by atoms with Crippen LogP contribution in [0.25, 0.3) is 10.9 Å². The summed E-state index contributed by atoms with van der Waals surface area (Å²) in [4.78, 5) is 23.9. The van der Waals surface area contributed by atoms with Gasteiger partial charge in [0.15, 0.2) is 0 Å². The first kappa shape index (κ1) is 16.0. The van der Waals surface area contributed by atoms with E-state index in [0.717, 1.165) is 23.9 Å². The molecule has 0 spiro atoms. The second-order valence-corrected chi connectivity index (χ2v) is 5.80. The normalized spacial score (nSPS) is 10.9. The number of aryl methyl sites for hydroxylation is 2. The summed E-state index contributed by atoms with van der Waals surface area (Å²) in [7, 11) is 0. The predicted molar refractivity (Wildman–Crippen MR) is 94.1 cm³/mol. The fourth-order valence-electron chi connectivity index (χ4n) is 2.71. The summed E-state index contributed by atoms with van der Waals surface area (Å²) < 4.78 is 3.36. The molecular weight excluding hydrogens is 304 g/mol. The van der Waals surface area contributed by atoms with Crippen molar-refractivity contribution in [2.24, 2.45) is 0 Å². The van der Waals surface area contributed by atoms with Gasteiger partial charge in [0.05, 0.1) is 5.69 Å². The highest BCUT2D eigenvalue weighted by Gasteiger charge is 2.08. The zero-order chi connectivity index (χ0) is 17.1. The highest BCUT2D eigenvalue weighted by Crippen LogP contribution is 2.20. The maximum atomic E-state index is 12.2. The molecule has 6 heteroatoms. The van der Waals surface area contributed by atoms with Crippen molar-refractivity contribution in [1.29, 1.82) is 0 Å². The molecule has 1 N–H and O–H groups in total. The molecule has 0 bridgehead atoms. The van der Waals surface area contributed by atoms with E-state index in [2.05, 4.69) is 28.1 Å². The minimum atomic E-state index is -0.289. The van der Waals surface area contributed by atoms with E-state index >= 15 is 0 Å². The van der Waals surface area contributed by atoms with Crippen LogP contribution in [0, 0.1) is 6.92 Å². The molecule has 0 unspecified atom stereocenters. The van der Waals surface area contributed by atoms with Gasteiger partial charge in [-0.1, -0.05) is 6.92 Å². The Kier molecular flexibility index (Phi) is 4.46. The maximum absolute atomic E-state index is 12.2. The molecular formula is C18H20N4O2. The molecule has 6 nitrogen and oxygen atoms in total. The van der Waals surface area contributed by atoms with E-state index in [0.29, 0.717) is 11.4 Å². The fourth-order valence-corrected chi connectivity index (χ4v) is 2.71. The van der Waals surface area contributed by atoms with Crippen LogP contribution in [0.5, 0.6) is 0 Å². The zero-order valence-electron chi connectivity index (χ0n) is 13.8. The number of nitrogens with zero attached hydrogens (tertiary/aromatic N) is 3. The van der Waals surface area contributed by atoms with Crippen molar-refractivity contribution in [3.63, 3.8) is 0 Å². The van der Waals surface area contributed by atoms with Crippen molar-refractivity contribution in [2.45, 2.75) is 33.4 Å². The Bertz CT molecular complexity index is 940. The van der Waals surface area contributed by atoms with Crippen molar-refractivity contribution in [3.05, 3.63) is 58.6 Å². The first-order chi connectivity index (χ1) is 11.6. The summed E-state index contributed by atoms with van der Waals surface area (Å²) in [5, 5.41) is 7.97. The molecule has 1 aromatic carbocycles. The largest absolute Gasteiger partial charge is 0.347 e. The van der Waals surface area contributed by atoms with E-state index < -0.39 is 0 Å². The summed E-state index contributed by atoms with van der Waals surface area (Å²) in [6, 6.07) is 10.9. The Morgan fingerprint density at radius 3 is 2.83 bits per heavy atom. The summed E-state index contributed by atoms with van der Waals surface area (Å²) in [6.07, 6.45) is 3.12. The lowest BCUT2D eigenvalue weighted by Crippen LogP contribution is -2.29. The van der Waals surface area contributed by atoms with Crippen molar-refractivity contribution in [2.75, 3.05) is 5.32 Å². The second-order valence-electron chi connectivity index (χ2n) is 5.80. The molecule has 2 heterocycles. The van der Waals surface area contributed by atoms with Crippen LogP contribution in [0.15, 0.2) is 47.4 Å². The Hall–Kier alpha value is -2.89. The number of amides is 1. The topological polar surface area (TPSA) is 68.9 Å². The van der Waals surface area contributed by atoms with Gasteiger partial charge < -0.3 is 9.88 Å². The molecule has 2 aromatic heterocycles. The molecule has 0 atom stereocenters. The molecule has 0 saturated heterocycles. The van der Waals surface area contributed by atoms with E-state index in [4.69, 9.17) is 0 Å². The highest BCUT2D eigenvalue weighted by atomic mass is 16.2. The van der Waals surface area contributed by atoms with E-state index in [1.54, 1.807) is 13.0 Å². The Labute approximate surface area is 139 Å². The van der Waals surface area contributed by atoms with Crippen LogP contribution in [-0.4, -0.2) is 20.3 Å². The van der Waals surface area contributed by atoms with Crippen molar-refractivity contribution < 1.29 is 4.79 Å². The minimum absolute atomic E-state index is 0.102. The average molecular weight is 324 g/mol. The van der Waals surface area contributed by atoms with Gasteiger partial charge in [0.25, 0.3) is 5.56 Å². The third kappa shape index (κ3) is 3.37. The predicted octanol–water partition coefficient (Wildman–Crippen LogP) is 2.56. The van der Waals surface area contributed by atoms with Crippen LogP contribution in [-0.2, 0) is 17.9 Å². The maximum Gasteiger partial charge on any atom is 0.267 e. The Morgan fingerprint density at radius 2 is 2.04 bits per heavy atom. The molecule has 0 radical (unpaired) electrons. The summed E-state index contributed by atoms with van der Waals surface area (Å²) in [6.45, 7) is 4.79. The van der Waals surface area contributed by atoms with Gasteiger partial charge in [0.1, 0.15) is 6.54 Å². The number of fused-ring (bicyclic) bond motifs is 1. The molecule has 3 aromatic rings. The van der Waals surface area contributed by atoms with Crippen LogP contribution in [0.4, 0.5) is 5.69 Å². The third-order valence-electron chi connectivity index (χ3n) is 3.81. The van der Waals surface area contributed by atoms with E-state index in [9.17, 15) is 9.59 Å². The van der Waals surface area contributed by atoms with Gasteiger partial charge in [0.2, 0.25) is 5.91 Å². The molecule has 0 aliphatic heterocycles. The number of rotatable bonds is 5. The SMILES string of the molecule is CCCn1ccc2cc(NC(=O)Cn3nc(C)ccc3=O)ccc21. The molecule has 0 fully saturated rings. The van der Waals surface area contributed by atoms with Crippen molar-refractivity contribution in [3.8, 4) is 0 Å². The van der Waals surface area contributed by atoms with Gasteiger partial charge in [-0.25, -0.2) is 4.68 Å². The van der Waals surface area contributed by atoms with Crippen LogP contribution in [0.1, 0.15) is 19.0 Å². The molecule has 0 aliphatic rings. The Balaban J connectivity index is 1.75. The van der Waals surface area contributed by atoms with Crippen LogP contribution in [0.3, 0.4) is 0 Å². The molecule has 0 saturated carbocycles. The summed E-state index contributed by atoms with van der Waals surface area (Å²) >= 11 is 0. The zero-order valence-corrected chi connectivity index (χ0v) is 13.8. The fraction of sp³-hybridized carbons (Fsp3) is 0.278. The van der Waals surface area contributed by atoms with E-state index in [1.165, 1.54) is 10.7 Å². The monoisotopic (exact) mass is 324 g/mol. The minimum Gasteiger partial charge on any atom is -0.347 e. The molecule has 3 rings (SSSR count). The van der Waals surface area contributed by atoms with Crippen molar-refractivity contribution in [1.82, 2.24) is 14.3 Å². The number of anilines is 1. The number of benzene rings is 1. The second kappa shape index (κ2) is 6.70. The van der Waals surface area contributed by atoms with Gasteiger partial charge in [0, 0.05) is 35.4 Å². The molecule has 0 aliphatic carbocycles. The number of carbonyl (C=O) groups excluding carboxylic acids is 1. The standard InChI is InChI=1S/C18H20N4O2/c1-3-9-21-10-8-14-11-15(5-6-16(14)21)19-17(23)12-22-18(24)7-4-13(2)20-22/h4-8,10-11H,3,9,12H2,1-2H3,(H,19,23). The third-order valence-corrected chi connectivity index (χ3v) is 3.81. The quantitative estimate of drug-likeness (QED) is 0.784. The number of hydrogen-bond donors (Lipinski definition) is 1.